The fourth-order valence-corrected chi connectivity index (χ4v) is 2.45. The molecule has 1 N–H and O–H groups in total. The first-order valence-corrected chi connectivity index (χ1v) is 6.92. The molecule has 0 saturated heterocycles. The lowest BCUT2D eigenvalue weighted by molar-refractivity contribution is -0.0496. The number of methoxy groups -OCH3 is 1. The van der Waals surface area contributed by atoms with Crippen LogP contribution in [0.1, 0.15) is 59.3 Å². The zero-order chi connectivity index (χ0) is 13.1. The summed E-state index contributed by atoms with van der Waals surface area (Å²) >= 11 is 0. The topological polar surface area (TPSA) is 21.3 Å². The van der Waals surface area contributed by atoms with E-state index in [-0.39, 0.29) is 5.60 Å². The van der Waals surface area contributed by atoms with Crippen molar-refractivity contribution in [2.75, 3.05) is 13.7 Å². The minimum Gasteiger partial charge on any atom is -0.377 e. The molecule has 0 radical (unpaired) electrons. The van der Waals surface area contributed by atoms with E-state index < -0.39 is 0 Å². The van der Waals surface area contributed by atoms with Crippen LogP contribution in [0, 0.1) is 12.3 Å². The predicted molar refractivity (Wildman–Crippen MR) is 75.1 cm³/mol. The fourth-order valence-electron chi connectivity index (χ4n) is 2.45. The van der Waals surface area contributed by atoms with Gasteiger partial charge >= 0.3 is 0 Å². The molecule has 0 aliphatic carbocycles. The normalized spacial score (nSPS) is 13.4. The smallest absolute Gasteiger partial charge is 0.0825 e. The number of rotatable bonds is 10. The summed E-state index contributed by atoms with van der Waals surface area (Å²) in [5.41, 5.74) is -0.0379. The molecule has 0 spiro atoms. The maximum atomic E-state index is 5.81. The maximum Gasteiger partial charge on any atom is 0.0825 e. The molecule has 0 bridgehead atoms. The molecular formula is C15H29NO. The molecule has 100 valence electrons. The molecule has 0 aliphatic rings. The van der Waals surface area contributed by atoms with Crippen LogP contribution in [0.25, 0.3) is 0 Å². The Morgan fingerprint density at radius 1 is 1.29 bits per heavy atom. The van der Waals surface area contributed by atoms with Crippen LogP contribution in [0.15, 0.2) is 0 Å². The van der Waals surface area contributed by atoms with Crippen LogP contribution in [0.2, 0.25) is 0 Å². The third kappa shape index (κ3) is 5.10. The molecule has 17 heavy (non-hydrogen) atoms. The summed E-state index contributed by atoms with van der Waals surface area (Å²) in [4.78, 5) is 0. The molecule has 2 heteroatoms. The summed E-state index contributed by atoms with van der Waals surface area (Å²) in [7, 11) is 1.83. The van der Waals surface area contributed by atoms with Crippen LogP contribution >= 0.6 is 0 Å². The van der Waals surface area contributed by atoms with Crippen molar-refractivity contribution in [3.63, 3.8) is 0 Å². The molecule has 0 aromatic carbocycles. The molecule has 1 unspecified atom stereocenters. The number of terminal acetylenes is 1. The summed E-state index contributed by atoms with van der Waals surface area (Å²) in [6.07, 6.45) is 11.6. The summed E-state index contributed by atoms with van der Waals surface area (Å²) in [5.74, 6) is 2.72. The van der Waals surface area contributed by atoms with Gasteiger partial charge in [0, 0.05) is 19.6 Å². The van der Waals surface area contributed by atoms with Crippen LogP contribution < -0.4 is 5.32 Å². The second-order valence-corrected chi connectivity index (χ2v) is 4.58. The summed E-state index contributed by atoms with van der Waals surface area (Å²) in [6, 6.07) is 0.413. The van der Waals surface area contributed by atoms with Crippen molar-refractivity contribution in [2.24, 2.45) is 0 Å². The van der Waals surface area contributed by atoms with E-state index in [0.29, 0.717) is 6.04 Å². The summed E-state index contributed by atoms with van der Waals surface area (Å²) in [5, 5.41) is 3.63. The first-order chi connectivity index (χ1) is 8.20. The van der Waals surface area contributed by atoms with E-state index in [1.807, 2.05) is 7.11 Å². The van der Waals surface area contributed by atoms with Crippen LogP contribution in [-0.2, 0) is 4.74 Å². The van der Waals surface area contributed by atoms with Crippen molar-refractivity contribution in [1.29, 1.82) is 0 Å². The Hall–Kier alpha value is -0.520. The molecule has 0 aliphatic heterocycles. The van der Waals surface area contributed by atoms with E-state index in [1.54, 1.807) is 0 Å². The zero-order valence-corrected chi connectivity index (χ0v) is 12.0. The summed E-state index contributed by atoms with van der Waals surface area (Å²) in [6.45, 7) is 7.65. The van der Waals surface area contributed by atoms with E-state index in [1.165, 1.54) is 0 Å². The predicted octanol–water partition coefficient (Wildman–Crippen LogP) is 3.36. The number of ether oxygens (including phenoxy) is 1. The van der Waals surface area contributed by atoms with Crippen molar-refractivity contribution in [3.8, 4) is 12.3 Å². The van der Waals surface area contributed by atoms with E-state index in [4.69, 9.17) is 11.2 Å². The second kappa shape index (κ2) is 9.50. The average Bonchev–Trinajstić information content (AvgIpc) is 2.37. The van der Waals surface area contributed by atoms with Crippen molar-refractivity contribution in [1.82, 2.24) is 5.32 Å². The molecule has 0 heterocycles. The average molecular weight is 239 g/mol. The number of nitrogens with one attached hydrogen (secondary N) is 1. The first kappa shape index (κ1) is 16.5. The van der Waals surface area contributed by atoms with Gasteiger partial charge in [0.15, 0.2) is 0 Å². The van der Waals surface area contributed by atoms with Gasteiger partial charge in [-0.05, 0) is 38.6 Å². The molecule has 0 saturated carbocycles. The van der Waals surface area contributed by atoms with Gasteiger partial charge in [-0.2, -0.15) is 0 Å². The van der Waals surface area contributed by atoms with Gasteiger partial charge in [-0.15, -0.1) is 12.3 Å². The Balaban J connectivity index is 4.55. The van der Waals surface area contributed by atoms with Gasteiger partial charge in [-0.1, -0.05) is 20.8 Å². The fraction of sp³-hybridized carbons (Fsp3) is 0.867. The first-order valence-electron chi connectivity index (χ1n) is 6.92. The lowest BCUT2D eigenvalue weighted by atomic mass is 9.85. The standard InChI is InChI=1S/C15H29NO/c1-6-10-11-12-14(16-13-7-2)15(8-3,9-4)17-5/h1,14,16H,7-13H2,2-5H3. The minimum atomic E-state index is -0.0379. The van der Waals surface area contributed by atoms with Gasteiger partial charge in [0.2, 0.25) is 0 Å². The highest BCUT2D eigenvalue weighted by atomic mass is 16.5. The van der Waals surface area contributed by atoms with Crippen molar-refractivity contribution in [2.45, 2.75) is 70.9 Å². The van der Waals surface area contributed by atoms with Gasteiger partial charge in [0.1, 0.15) is 0 Å². The molecule has 0 fully saturated rings. The van der Waals surface area contributed by atoms with E-state index in [0.717, 1.165) is 45.1 Å². The van der Waals surface area contributed by atoms with Crippen LogP contribution in [0.4, 0.5) is 0 Å². The molecule has 0 amide bonds. The number of unbranched alkanes of at least 4 members (excludes halogenated alkanes) is 1. The summed E-state index contributed by atoms with van der Waals surface area (Å²) < 4.78 is 5.81. The molecule has 0 aromatic heterocycles. The lowest BCUT2D eigenvalue weighted by Gasteiger charge is -2.39. The third-order valence-corrected chi connectivity index (χ3v) is 3.69. The number of hydrogen-bond donors (Lipinski definition) is 1. The highest BCUT2D eigenvalue weighted by molar-refractivity contribution is 4.92. The molecule has 0 aromatic rings. The van der Waals surface area contributed by atoms with E-state index in [2.05, 4.69) is 32.0 Å². The minimum absolute atomic E-state index is 0.0379. The Morgan fingerprint density at radius 3 is 2.35 bits per heavy atom. The Kier molecular flexibility index (Phi) is 9.21. The van der Waals surface area contributed by atoms with Crippen molar-refractivity contribution in [3.05, 3.63) is 0 Å². The maximum absolute atomic E-state index is 5.81. The van der Waals surface area contributed by atoms with Crippen LogP contribution in [0.3, 0.4) is 0 Å². The largest absolute Gasteiger partial charge is 0.377 e. The Labute approximate surface area is 108 Å². The van der Waals surface area contributed by atoms with E-state index >= 15 is 0 Å². The van der Waals surface area contributed by atoms with E-state index in [9.17, 15) is 0 Å². The van der Waals surface area contributed by atoms with Crippen molar-refractivity contribution >= 4 is 0 Å². The van der Waals surface area contributed by atoms with Gasteiger partial charge in [-0.25, -0.2) is 0 Å². The van der Waals surface area contributed by atoms with Gasteiger partial charge in [-0.3, -0.25) is 0 Å². The Bertz CT molecular complexity index is 207. The zero-order valence-electron chi connectivity index (χ0n) is 12.0. The van der Waals surface area contributed by atoms with Crippen molar-refractivity contribution < 1.29 is 4.74 Å². The molecular weight excluding hydrogens is 210 g/mol. The van der Waals surface area contributed by atoms with Gasteiger partial charge < -0.3 is 10.1 Å². The number of hydrogen-bond acceptors (Lipinski definition) is 2. The van der Waals surface area contributed by atoms with Gasteiger partial charge in [0.25, 0.3) is 0 Å². The monoisotopic (exact) mass is 239 g/mol. The highest BCUT2D eigenvalue weighted by Gasteiger charge is 2.34. The van der Waals surface area contributed by atoms with Crippen LogP contribution in [-0.4, -0.2) is 25.3 Å². The molecule has 2 nitrogen and oxygen atoms in total. The van der Waals surface area contributed by atoms with Gasteiger partial charge in [0.05, 0.1) is 5.60 Å². The second-order valence-electron chi connectivity index (χ2n) is 4.58. The molecule has 0 rings (SSSR count). The SMILES string of the molecule is C#CCCCC(NCCC)C(CC)(CC)OC. The molecule has 1 atom stereocenters. The van der Waals surface area contributed by atoms with Crippen LogP contribution in [0.5, 0.6) is 0 Å². The lowest BCUT2D eigenvalue weighted by Crippen LogP contribution is -2.51. The highest BCUT2D eigenvalue weighted by Crippen LogP contribution is 2.27. The Morgan fingerprint density at radius 2 is 1.94 bits per heavy atom. The third-order valence-electron chi connectivity index (χ3n) is 3.69. The quantitative estimate of drug-likeness (QED) is 0.466.